The molecule has 0 heterocycles. The van der Waals surface area contributed by atoms with Crippen molar-refractivity contribution in [2.75, 3.05) is 14.1 Å². The number of nitrogens with one attached hydrogen (secondary N) is 2. The Morgan fingerprint density at radius 2 is 1.57 bits per heavy atom. The van der Waals surface area contributed by atoms with E-state index in [0.717, 1.165) is 0 Å². The molecule has 0 saturated heterocycles. The smallest absolute Gasteiger partial charge is 0.314 e. The summed E-state index contributed by atoms with van der Waals surface area (Å²) in [5, 5.41) is 13.5. The molecule has 0 unspecified atom stereocenters. The molecule has 0 fully saturated rings. The third-order valence-electron chi connectivity index (χ3n) is 1.49. The summed E-state index contributed by atoms with van der Waals surface area (Å²) >= 11 is 0. The van der Waals surface area contributed by atoms with Crippen LogP contribution in [0.15, 0.2) is 24.3 Å². The number of carbonyl (C=O) groups is 1. The lowest BCUT2D eigenvalue weighted by molar-refractivity contribution is 0.245. The fourth-order valence-electron chi connectivity index (χ4n) is 0.670. The molecule has 0 spiro atoms. The zero-order valence-electron chi connectivity index (χ0n) is 8.66. The van der Waals surface area contributed by atoms with E-state index in [1.165, 1.54) is 5.56 Å². The van der Waals surface area contributed by atoms with Crippen LogP contribution in [0.4, 0.5) is 4.79 Å². The zero-order valence-corrected chi connectivity index (χ0v) is 8.66. The van der Waals surface area contributed by atoms with E-state index >= 15 is 0 Å². The van der Waals surface area contributed by atoms with E-state index in [-0.39, 0.29) is 6.03 Å². The summed E-state index contributed by atoms with van der Waals surface area (Å²) in [6.07, 6.45) is 0. The van der Waals surface area contributed by atoms with Crippen molar-refractivity contribution in [3.63, 3.8) is 0 Å². The quantitative estimate of drug-likeness (QED) is 0.584. The molecule has 0 atom stereocenters. The first-order valence-corrected chi connectivity index (χ1v) is 4.25. The summed E-state index contributed by atoms with van der Waals surface area (Å²) in [5.74, 6) is 0.329. The standard InChI is InChI=1S/C7H8O.C3H8N2O/c1-6-2-4-7(8)5-3-6;1-4-3(6)5-2/h2-5,8H,1H3;1-2H3,(H2,4,5,6). The van der Waals surface area contributed by atoms with Crippen molar-refractivity contribution in [1.82, 2.24) is 10.6 Å². The molecule has 0 bridgehead atoms. The van der Waals surface area contributed by atoms with Crippen molar-refractivity contribution >= 4 is 6.03 Å². The van der Waals surface area contributed by atoms with Gasteiger partial charge in [0.2, 0.25) is 0 Å². The second-order valence-corrected chi connectivity index (χ2v) is 2.66. The van der Waals surface area contributed by atoms with Crippen molar-refractivity contribution in [3.8, 4) is 5.75 Å². The Morgan fingerprint density at radius 3 is 1.79 bits per heavy atom. The molecule has 1 aromatic rings. The lowest BCUT2D eigenvalue weighted by Gasteiger charge is -1.91. The average Bonchev–Trinajstić information content (AvgIpc) is 2.22. The molecule has 78 valence electrons. The highest BCUT2D eigenvalue weighted by Crippen LogP contribution is 2.07. The third kappa shape index (κ3) is 5.88. The Bertz CT molecular complexity index is 243. The number of amides is 2. The highest BCUT2D eigenvalue weighted by Gasteiger charge is 1.82. The Labute approximate surface area is 84.0 Å². The van der Waals surface area contributed by atoms with Gasteiger partial charge >= 0.3 is 6.03 Å². The lowest BCUT2D eigenvalue weighted by atomic mass is 10.2. The van der Waals surface area contributed by atoms with E-state index in [4.69, 9.17) is 5.11 Å². The maximum atomic E-state index is 9.96. The number of carbonyl (C=O) groups excluding carboxylic acids is 1. The van der Waals surface area contributed by atoms with Crippen LogP contribution in [0.1, 0.15) is 5.56 Å². The van der Waals surface area contributed by atoms with Gasteiger partial charge in [-0.3, -0.25) is 0 Å². The van der Waals surface area contributed by atoms with Crippen molar-refractivity contribution in [2.24, 2.45) is 0 Å². The van der Waals surface area contributed by atoms with E-state index in [1.54, 1.807) is 26.2 Å². The van der Waals surface area contributed by atoms with Gasteiger partial charge in [0.1, 0.15) is 5.75 Å². The maximum Gasteiger partial charge on any atom is 0.314 e. The van der Waals surface area contributed by atoms with Crippen LogP contribution in [0.5, 0.6) is 5.75 Å². The van der Waals surface area contributed by atoms with Crippen LogP contribution in [-0.2, 0) is 0 Å². The van der Waals surface area contributed by atoms with Crippen molar-refractivity contribution < 1.29 is 9.90 Å². The first-order chi connectivity index (χ1) is 6.60. The fourth-order valence-corrected chi connectivity index (χ4v) is 0.670. The number of aryl methyl sites for hydroxylation is 1. The molecule has 4 heteroatoms. The second kappa shape index (κ2) is 6.77. The van der Waals surface area contributed by atoms with Gasteiger partial charge in [-0.1, -0.05) is 17.7 Å². The van der Waals surface area contributed by atoms with Crippen molar-refractivity contribution in [1.29, 1.82) is 0 Å². The Hall–Kier alpha value is -1.71. The Kier molecular flexibility index (Phi) is 5.94. The van der Waals surface area contributed by atoms with E-state index in [9.17, 15) is 4.79 Å². The third-order valence-corrected chi connectivity index (χ3v) is 1.49. The van der Waals surface area contributed by atoms with Gasteiger partial charge in [0.15, 0.2) is 0 Å². The normalized spacial score (nSPS) is 8.21. The highest BCUT2D eigenvalue weighted by atomic mass is 16.3. The predicted molar refractivity (Wildman–Crippen MR) is 56.4 cm³/mol. The molecular weight excluding hydrogens is 180 g/mol. The molecule has 0 aliphatic rings. The molecule has 0 saturated carbocycles. The Morgan fingerprint density at radius 1 is 1.14 bits per heavy atom. The monoisotopic (exact) mass is 196 g/mol. The minimum absolute atomic E-state index is 0.157. The van der Waals surface area contributed by atoms with Gasteiger partial charge < -0.3 is 15.7 Å². The topological polar surface area (TPSA) is 61.4 Å². The van der Waals surface area contributed by atoms with E-state index in [0.29, 0.717) is 5.75 Å². The first-order valence-electron chi connectivity index (χ1n) is 4.25. The fraction of sp³-hybridized carbons (Fsp3) is 0.300. The number of rotatable bonds is 0. The molecule has 0 aliphatic carbocycles. The summed E-state index contributed by atoms with van der Waals surface area (Å²) in [4.78, 5) is 9.96. The van der Waals surface area contributed by atoms with Crippen molar-refractivity contribution in [3.05, 3.63) is 29.8 Å². The molecule has 0 aromatic heterocycles. The van der Waals surface area contributed by atoms with Crippen molar-refractivity contribution in [2.45, 2.75) is 6.92 Å². The van der Waals surface area contributed by atoms with Gasteiger partial charge in [0.05, 0.1) is 0 Å². The second-order valence-electron chi connectivity index (χ2n) is 2.66. The van der Waals surface area contributed by atoms with Gasteiger partial charge in [0, 0.05) is 14.1 Å². The summed E-state index contributed by atoms with van der Waals surface area (Å²) in [6, 6.07) is 6.94. The van der Waals surface area contributed by atoms with E-state index in [2.05, 4.69) is 10.6 Å². The molecular formula is C10H16N2O2. The van der Waals surface area contributed by atoms with Crippen LogP contribution in [0.2, 0.25) is 0 Å². The van der Waals surface area contributed by atoms with Crippen LogP contribution in [0.25, 0.3) is 0 Å². The molecule has 14 heavy (non-hydrogen) atoms. The van der Waals surface area contributed by atoms with Crippen LogP contribution >= 0.6 is 0 Å². The SMILES string of the molecule is CNC(=O)NC.Cc1ccc(O)cc1. The number of phenolic OH excluding ortho intramolecular Hbond substituents is 1. The zero-order chi connectivity index (χ0) is 11.0. The number of aromatic hydroxyl groups is 1. The van der Waals surface area contributed by atoms with Crippen LogP contribution in [0.3, 0.4) is 0 Å². The Balaban J connectivity index is 0.000000255. The highest BCUT2D eigenvalue weighted by molar-refractivity contribution is 5.72. The summed E-state index contributed by atoms with van der Waals surface area (Å²) in [7, 11) is 3.14. The number of hydrogen-bond donors (Lipinski definition) is 3. The average molecular weight is 196 g/mol. The van der Waals surface area contributed by atoms with Crippen LogP contribution in [-0.4, -0.2) is 25.2 Å². The molecule has 0 radical (unpaired) electrons. The first kappa shape index (κ1) is 12.3. The molecule has 3 N–H and O–H groups in total. The van der Waals surface area contributed by atoms with Crippen LogP contribution in [0, 0.1) is 6.92 Å². The minimum atomic E-state index is -0.157. The predicted octanol–water partition coefficient (Wildman–Crippen LogP) is 1.25. The molecule has 0 aliphatic heterocycles. The minimum Gasteiger partial charge on any atom is -0.508 e. The molecule has 2 amide bonds. The van der Waals surface area contributed by atoms with Gasteiger partial charge in [0.25, 0.3) is 0 Å². The largest absolute Gasteiger partial charge is 0.508 e. The number of phenols is 1. The summed E-state index contributed by atoms with van der Waals surface area (Å²) < 4.78 is 0. The number of hydrogen-bond acceptors (Lipinski definition) is 2. The molecule has 1 aromatic carbocycles. The maximum absolute atomic E-state index is 9.96. The van der Waals surface area contributed by atoms with E-state index < -0.39 is 0 Å². The lowest BCUT2D eigenvalue weighted by Crippen LogP contribution is -2.28. The number of benzene rings is 1. The van der Waals surface area contributed by atoms with Gasteiger partial charge in [-0.15, -0.1) is 0 Å². The molecule has 1 rings (SSSR count). The molecule has 4 nitrogen and oxygen atoms in total. The van der Waals surface area contributed by atoms with Crippen LogP contribution < -0.4 is 10.6 Å². The van der Waals surface area contributed by atoms with E-state index in [1.807, 2.05) is 19.1 Å². The number of urea groups is 1. The summed E-state index contributed by atoms with van der Waals surface area (Å²) in [6.45, 7) is 1.99. The van der Waals surface area contributed by atoms with Gasteiger partial charge in [-0.05, 0) is 19.1 Å². The summed E-state index contributed by atoms with van der Waals surface area (Å²) in [5.41, 5.74) is 1.17. The van der Waals surface area contributed by atoms with Gasteiger partial charge in [-0.25, -0.2) is 4.79 Å². The van der Waals surface area contributed by atoms with Gasteiger partial charge in [-0.2, -0.15) is 0 Å².